The Labute approximate surface area is 100 Å². The highest BCUT2D eigenvalue weighted by molar-refractivity contribution is 7.10. The quantitative estimate of drug-likeness (QED) is 0.876. The number of hydrogen-bond acceptors (Lipinski definition) is 3. The molecule has 0 aliphatic carbocycles. The Bertz CT molecular complexity index is 313. The molecule has 1 atom stereocenters. The van der Waals surface area contributed by atoms with Gasteiger partial charge >= 0.3 is 0 Å². The molecule has 1 N–H and O–H groups in total. The minimum Gasteiger partial charge on any atom is -0.318 e. The highest BCUT2D eigenvalue weighted by Gasteiger charge is 2.24. The highest BCUT2D eigenvalue weighted by Crippen LogP contribution is 2.27. The average Bonchev–Trinajstić information content (AvgIpc) is 2.80. The molecule has 1 saturated heterocycles. The van der Waals surface area contributed by atoms with E-state index in [-0.39, 0.29) is 0 Å². The number of likely N-dealkylation sites (N-methyl/N-ethyl adjacent to an activating group) is 1. The number of nitrogens with one attached hydrogen (secondary N) is 1. The van der Waals surface area contributed by atoms with Gasteiger partial charge in [-0.3, -0.25) is 4.90 Å². The Morgan fingerprint density at radius 1 is 1.67 bits per heavy atom. The van der Waals surface area contributed by atoms with Crippen molar-refractivity contribution in [1.29, 1.82) is 0 Å². The van der Waals surface area contributed by atoms with Crippen molar-refractivity contribution in [3.05, 3.63) is 21.3 Å². The fourth-order valence-corrected chi connectivity index (χ4v) is 3.31. The molecule has 0 bridgehead atoms. The summed E-state index contributed by atoms with van der Waals surface area (Å²) in [6.45, 7) is 3.31. The lowest BCUT2D eigenvalue weighted by Gasteiger charge is -2.23. The first kappa shape index (κ1) is 11.4. The molecule has 0 radical (unpaired) electrons. The van der Waals surface area contributed by atoms with Crippen LogP contribution in [0.25, 0.3) is 0 Å². The van der Waals surface area contributed by atoms with Crippen LogP contribution in [0.2, 0.25) is 5.02 Å². The number of halogens is 1. The van der Waals surface area contributed by atoms with Gasteiger partial charge in [0.1, 0.15) is 0 Å². The van der Waals surface area contributed by atoms with Crippen molar-refractivity contribution in [2.45, 2.75) is 25.4 Å². The lowest BCUT2D eigenvalue weighted by Crippen LogP contribution is -2.36. The predicted molar refractivity (Wildman–Crippen MR) is 66.7 cm³/mol. The van der Waals surface area contributed by atoms with Gasteiger partial charge in [0.2, 0.25) is 0 Å². The first-order valence-electron chi connectivity index (χ1n) is 5.42. The van der Waals surface area contributed by atoms with E-state index in [1.54, 1.807) is 11.3 Å². The van der Waals surface area contributed by atoms with E-state index in [1.165, 1.54) is 24.3 Å². The molecule has 1 unspecified atom stereocenters. The summed E-state index contributed by atoms with van der Waals surface area (Å²) in [5, 5.41) is 6.26. The van der Waals surface area contributed by atoms with E-state index in [9.17, 15) is 0 Å². The first-order valence-corrected chi connectivity index (χ1v) is 6.67. The van der Waals surface area contributed by atoms with Crippen molar-refractivity contribution in [3.8, 4) is 0 Å². The lowest BCUT2D eigenvalue weighted by molar-refractivity contribution is 0.244. The molecule has 84 valence electrons. The van der Waals surface area contributed by atoms with Gasteiger partial charge in [0.15, 0.2) is 0 Å². The zero-order valence-corrected chi connectivity index (χ0v) is 10.6. The summed E-state index contributed by atoms with van der Waals surface area (Å²) < 4.78 is 0. The average molecular weight is 245 g/mol. The molecule has 0 aromatic carbocycles. The third kappa shape index (κ3) is 2.72. The molecule has 1 aliphatic rings. The minimum absolute atomic E-state index is 0.688. The summed E-state index contributed by atoms with van der Waals surface area (Å²) in [5.41, 5.74) is 0. The van der Waals surface area contributed by atoms with Gasteiger partial charge < -0.3 is 5.32 Å². The summed E-state index contributed by atoms with van der Waals surface area (Å²) in [5.74, 6) is 0. The van der Waals surface area contributed by atoms with Gasteiger partial charge in [-0.25, -0.2) is 0 Å². The molecular weight excluding hydrogens is 228 g/mol. The molecule has 1 aromatic rings. The Balaban J connectivity index is 1.96. The van der Waals surface area contributed by atoms with E-state index in [2.05, 4.69) is 15.6 Å². The van der Waals surface area contributed by atoms with Gasteiger partial charge in [-0.15, -0.1) is 11.3 Å². The van der Waals surface area contributed by atoms with Crippen LogP contribution >= 0.6 is 22.9 Å². The van der Waals surface area contributed by atoms with Crippen molar-refractivity contribution in [3.63, 3.8) is 0 Å². The molecule has 0 saturated carbocycles. The van der Waals surface area contributed by atoms with Crippen LogP contribution in [0.15, 0.2) is 11.4 Å². The van der Waals surface area contributed by atoms with Gasteiger partial charge in [0, 0.05) is 24.0 Å². The largest absolute Gasteiger partial charge is 0.318 e. The standard InChI is InChI=1S/C11H17ClN2S/c1-13-7-9-3-2-5-14(9)8-11-10(12)4-6-15-11/h4,6,9,13H,2-3,5,7-8H2,1H3. The van der Waals surface area contributed by atoms with Crippen LogP contribution in [0.1, 0.15) is 17.7 Å². The van der Waals surface area contributed by atoms with Crippen LogP contribution in [-0.2, 0) is 6.54 Å². The topological polar surface area (TPSA) is 15.3 Å². The highest BCUT2D eigenvalue weighted by atomic mass is 35.5. The number of nitrogens with zero attached hydrogens (tertiary/aromatic N) is 1. The maximum absolute atomic E-state index is 6.11. The monoisotopic (exact) mass is 244 g/mol. The SMILES string of the molecule is CNCC1CCCN1Cc1sccc1Cl. The van der Waals surface area contributed by atoms with Crippen LogP contribution in [0.3, 0.4) is 0 Å². The lowest BCUT2D eigenvalue weighted by atomic mass is 10.2. The zero-order chi connectivity index (χ0) is 10.7. The molecule has 1 aromatic heterocycles. The van der Waals surface area contributed by atoms with Crippen LogP contribution in [-0.4, -0.2) is 31.1 Å². The molecular formula is C11H17ClN2S. The van der Waals surface area contributed by atoms with Gasteiger partial charge in [-0.2, -0.15) is 0 Å². The number of thiophene rings is 1. The summed E-state index contributed by atoms with van der Waals surface area (Å²) in [7, 11) is 2.02. The van der Waals surface area contributed by atoms with Crippen LogP contribution in [0.4, 0.5) is 0 Å². The second-order valence-corrected chi connectivity index (χ2v) is 5.42. The normalized spacial score (nSPS) is 22.4. The molecule has 0 spiro atoms. The fourth-order valence-electron chi connectivity index (χ4n) is 2.19. The number of rotatable bonds is 4. The predicted octanol–water partition coefficient (Wildman–Crippen LogP) is 2.59. The van der Waals surface area contributed by atoms with Crippen LogP contribution in [0, 0.1) is 0 Å². The Kier molecular flexibility index (Phi) is 4.03. The smallest absolute Gasteiger partial charge is 0.0558 e. The molecule has 1 aliphatic heterocycles. The van der Waals surface area contributed by atoms with Gasteiger partial charge in [0.05, 0.1) is 5.02 Å². The number of hydrogen-bond donors (Lipinski definition) is 1. The second kappa shape index (κ2) is 5.30. The number of likely N-dealkylation sites (tertiary alicyclic amines) is 1. The van der Waals surface area contributed by atoms with Crippen molar-refractivity contribution in [2.75, 3.05) is 20.1 Å². The Morgan fingerprint density at radius 2 is 2.53 bits per heavy atom. The zero-order valence-electron chi connectivity index (χ0n) is 9.00. The third-order valence-electron chi connectivity index (χ3n) is 2.98. The van der Waals surface area contributed by atoms with Crippen molar-refractivity contribution < 1.29 is 0 Å². The minimum atomic E-state index is 0.688. The second-order valence-electron chi connectivity index (χ2n) is 4.02. The van der Waals surface area contributed by atoms with Crippen LogP contribution in [0.5, 0.6) is 0 Å². The van der Waals surface area contributed by atoms with Gasteiger partial charge in [0.25, 0.3) is 0 Å². The van der Waals surface area contributed by atoms with E-state index >= 15 is 0 Å². The van der Waals surface area contributed by atoms with Gasteiger partial charge in [-0.05, 0) is 37.9 Å². The third-order valence-corrected chi connectivity index (χ3v) is 4.35. The summed E-state index contributed by atoms with van der Waals surface area (Å²) >= 11 is 7.87. The van der Waals surface area contributed by atoms with E-state index in [0.717, 1.165) is 18.1 Å². The molecule has 1 fully saturated rings. The van der Waals surface area contributed by atoms with Crippen molar-refractivity contribution >= 4 is 22.9 Å². The molecule has 2 rings (SSSR count). The van der Waals surface area contributed by atoms with E-state index in [0.29, 0.717) is 6.04 Å². The molecule has 0 amide bonds. The van der Waals surface area contributed by atoms with E-state index in [4.69, 9.17) is 11.6 Å². The maximum Gasteiger partial charge on any atom is 0.0558 e. The Morgan fingerprint density at radius 3 is 3.20 bits per heavy atom. The van der Waals surface area contributed by atoms with E-state index in [1.807, 2.05) is 13.1 Å². The van der Waals surface area contributed by atoms with Crippen LogP contribution < -0.4 is 5.32 Å². The molecule has 2 heterocycles. The maximum atomic E-state index is 6.11. The van der Waals surface area contributed by atoms with Gasteiger partial charge in [-0.1, -0.05) is 11.6 Å². The molecule has 15 heavy (non-hydrogen) atoms. The van der Waals surface area contributed by atoms with E-state index < -0.39 is 0 Å². The Hall–Kier alpha value is -0.0900. The first-order chi connectivity index (χ1) is 7.31. The van der Waals surface area contributed by atoms with Crippen molar-refractivity contribution in [1.82, 2.24) is 10.2 Å². The summed E-state index contributed by atoms with van der Waals surface area (Å²) in [6.07, 6.45) is 2.62. The molecule has 2 nitrogen and oxygen atoms in total. The molecule has 4 heteroatoms. The van der Waals surface area contributed by atoms with Crippen molar-refractivity contribution in [2.24, 2.45) is 0 Å². The fraction of sp³-hybridized carbons (Fsp3) is 0.636. The summed E-state index contributed by atoms with van der Waals surface area (Å²) in [4.78, 5) is 3.84. The summed E-state index contributed by atoms with van der Waals surface area (Å²) in [6, 6.07) is 2.68.